The quantitative estimate of drug-likeness (QED) is 0.763. The lowest BCUT2D eigenvalue weighted by atomic mass is 9.99. The molecule has 0 fully saturated rings. The van der Waals surface area contributed by atoms with Gasteiger partial charge in [0.05, 0.1) is 23.3 Å². The number of fused-ring (bicyclic) bond motifs is 1. The van der Waals surface area contributed by atoms with Crippen LogP contribution in [0, 0.1) is 12.7 Å². The van der Waals surface area contributed by atoms with Crippen LogP contribution in [0.25, 0.3) is 10.9 Å². The smallest absolute Gasteiger partial charge is 0.253 e. The maximum Gasteiger partial charge on any atom is 0.253 e. The molecule has 3 rings (SSSR count). The van der Waals surface area contributed by atoms with Crippen LogP contribution in [0.3, 0.4) is 0 Å². The average Bonchev–Trinajstić information content (AvgIpc) is 3.07. The van der Waals surface area contributed by atoms with E-state index in [9.17, 15) is 14.3 Å². The summed E-state index contributed by atoms with van der Waals surface area (Å²) >= 11 is 1.49. The van der Waals surface area contributed by atoms with Gasteiger partial charge in [-0.2, -0.15) is 11.3 Å². The molecule has 0 saturated heterocycles. The molecule has 2 aromatic heterocycles. The summed E-state index contributed by atoms with van der Waals surface area (Å²) in [6, 6.07) is 7.78. The Kier molecular flexibility index (Phi) is 4.34. The molecule has 124 valence electrons. The maximum atomic E-state index is 13.3. The number of hydrogen-bond acceptors (Lipinski definition) is 4. The number of carbonyl (C=O) groups is 1. The first-order valence-electron chi connectivity index (χ1n) is 7.47. The highest BCUT2D eigenvalue weighted by atomic mass is 32.1. The number of hydrogen-bond donors (Lipinski definition) is 2. The first-order chi connectivity index (χ1) is 11.4. The summed E-state index contributed by atoms with van der Waals surface area (Å²) in [5.74, 6) is -0.680. The number of pyridine rings is 1. The molecule has 6 heteroatoms. The summed E-state index contributed by atoms with van der Waals surface area (Å²) in [7, 11) is 0. The standard InChI is InChI=1S/C18H17FN2O2S/c1-11-15(7-12-3-4-14(19)8-16(12)21-11)17(22)20-10-18(2,23)13-5-6-24-9-13/h3-9,23H,10H2,1-2H3,(H,20,22). The van der Waals surface area contributed by atoms with Crippen molar-refractivity contribution in [1.29, 1.82) is 0 Å². The van der Waals surface area contributed by atoms with Gasteiger partial charge in [0.15, 0.2) is 0 Å². The molecule has 24 heavy (non-hydrogen) atoms. The number of benzene rings is 1. The number of carbonyl (C=O) groups excluding carboxylic acids is 1. The van der Waals surface area contributed by atoms with Crippen molar-refractivity contribution >= 4 is 28.1 Å². The number of aryl methyl sites for hydroxylation is 1. The molecule has 1 unspecified atom stereocenters. The fourth-order valence-electron chi connectivity index (χ4n) is 2.49. The van der Waals surface area contributed by atoms with Crippen LogP contribution in [0.2, 0.25) is 0 Å². The lowest BCUT2D eigenvalue weighted by Gasteiger charge is -2.23. The minimum Gasteiger partial charge on any atom is -0.384 e. The van der Waals surface area contributed by atoms with Crippen molar-refractivity contribution < 1.29 is 14.3 Å². The molecular weight excluding hydrogens is 327 g/mol. The molecule has 0 radical (unpaired) electrons. The van der Waals surface area contributed by atoms with Gasteiger partial charge in [-0.3, -0.25) is 9.78 Å². The zero-order valence-electron chi connectivity index (χ0n) is 13.3. The molecule has 1 amide bonds. The van der Waals surface area contributed by atoms with Crippen molar-refractivity contribution in [2.75, 3.05) is 6.54 Å². The Morgan fingerprint density at radius 1 is 1.38 bits per heavy atom. The van der Waals surface area contributed by atoms with E-state index in [4.69, 9.17) is 0 Å². The number of halogens is 1. The Hall–Kier alpha value is -2.31. The van der Waals surface area contributed by atoms with Gasteiger partial charge in [0.2, 0.25) is 0 Å². The molecule has 0 saturated carbocycles. The Bertz CT molecular complexity index is 891. The first kappa shape index (κ1) is 16.5. The van der Waals surface area contributed by atoms with Gasteiger partial charge in [0.25, 0.3) is 5.91 Å². The summed E-state index contributed by atoms with van der Waals surface area (Å²) < 4.78 is 13.3. The van der Waals surface area contributed by atoms with E-state index in [2.05, 4.69) is 10.3 Å². The zero-order valence-corrected chi connectivity index (χ0v) is 14.2. The Labute approximate surface area is 143 Å². The van der Waals surface area contributed by atoms with Gasteiger partial charge in [-0.1, -0.05) is 0 Å². The van der Waals surface area contributed by atoms with Gasteiger partial charge < -0.3 is 10.4 Å². The van der Waals surface area contributed by atoms with Crippen LogP contribution in [-0.4, -0.2) is 22.5 Å². The van der Waals surface area contributed by atoms with E-state index in [0.717, 1.165) is 5.56 Å². The van der Waals surface area contributed by atoms with E-state index < -0.39 is 5.60 Å². The van der Waals surface area contributed by atoms with Crippen LogP contribution in [-0.2, 0) is 5.60 Å². The van der Waals surface area contributed by atoms with Crippen molar-refractivity contribution in [3.63, 3.8) is 0 Å². The third kappa shape index (κ3) is 3.29. The molecule has 2 heterocycles. The van der Waals surface area contributed by atoms with Gasteiger partial charge in [0, 0.05) is 11.5 Å². The lowest BCUT2D eigenvalue weighted by molar-refractivity contribution is 0.0530. The van der Waals surface area contributed by atoms with E-state index in [-0.39, 0.29) is 18.3 Å². The predicted molar refractivity (Wildman–Crippen MR) is 92.7 cm³/mol. The highest BCUT2D eigenvalue weighted by Crippen LogP contribution is 2.23. The molecule has 0 bridgehead atoms. The van der Waals surface area contributed by atoms with E-state index in [0.29, 0.717) is 22.2 Å². The van der Waals surface area contributed by atoms with Crippen molar-refractivity contribution in [3.05, 3.63) is 63.7 Å². The van der Waals surface area contributed by atoms with Crippen LogP contribution in [0.1, 0.15) is 28.5 Å². The zero-order chi connectivity index (χ0) is 17.3. The van der Waals surface area contributed by atoms with Gasteiger partial charge in [0.1, 0.15) is 11.4 Å². The van der Waals surface area contributed by atoms with Crippen LogP contribution in [0.5, 0.6) is 0 Å². The van der Waals surface area contributed by atoms with Gasteiger partial charge in [-0.15, -0.1) is 0 Å². The molecule has 1 aromatic carbocycles. The second kappa shape index (κ2) is 6.30. The van der Waals surface area contributed by atoms with E-state index in [1.54, 1.807) is 26.0 Å². The van der Waals surface area contributed by atoms with Gasteiger partial charge in [-0.05, 0) is 54.4 Å². The second-order valence-corrected chi connectivity index (χ2v) is 6.71. The van der Waals surface area contributed by atoms with Crippen LogP contribution in [0.15, 0.2) is 41.1 Å². The minimum absolute atomic E-state index is 0.0868. The van der Waals surface area contributed by atoms with Crippen LogP contribution in [0.4, 0.5) is 4.39 Å². The molecule has 0 aliphatic rings. The molecule has 0 aliphatic carbocycles. The Balaban J connectivity index is 1.81. The van der Waals surface area contributed by atoms with Crippen molar-refractivity contribution in [2.45, 2.75) is 19.4 Å². The predicted octanol–water partition coefficient (Wildman–Crippen LogP) is 3.38. The Morgan fingerprint density at radius 3 is 2.88 bits per heavy atom. The van der Waals surface area contributed by atoms with Crippen molar-refractivity contribution in [2.24, 2.45) is 0 Å². The largest absolute Gasteiger partial charge is 0.384 e. The normalized spacial score (nSPS) is 13.7. The number of rotatable bonds is 4. The second-order valence-electron chi connectivity index (χ2n) is 5.93. The fourth-order valence-corrected chi connectivity index (χ4v) is 3.27. The van der Waals surface area contributed by atoms with Crippen molar-refractivity contribution in [1.82, 2.24) is 10.3 Å². The molecular formula is C18H17FN2O2S. The lowest BCUT2D eigenvalue weighted by Crippen LogP contribution is -2.38. The van der Waals surface area contributed by atoms with E-state index in [1.165, 1.54) is 23.5 Å². The molecule has 0 aliphatic heterocycles. The molecule has 1 atom stereocenters. The Morgan fingerprint density at radius 2 is 2.17 bits per heavy atom. The topological polar surface area (TPSA) is 62.2 Å². The third-order valence-corrected chi connectivity index (χ3v) is 4.63. The number of amides is 1. The fraction of sp³-hybridized carbons (Fsp3) is 0.222. The van der Waals surface area contributed by atoms with Gasteiger partial charge in [-0.25, -0.2) is 4.39 Å². The van der Waals surface area contributed by atoms with Gasteiger partial charge >= 0.3 is 0 Å². The maximum absolute atomic E-state index is 13.3. The van der Waals surface area contributed by atoms with Crippen molar-refractivity contribution in [3.8, 4) is 0 Å². The highest BCUT2D eigenvalue weighted by Gasteiger charge is 2.25. The number of nitrogens with one attached hydrogen (secondary N) is 1. The van der Waals surface area contributed by atoms with Crippen LogP contribution < -0.4 is 5.32 Å². The number of thiophene rings is 1. The SMILES string of the molecule is Cc1nc2cc(F)ccc2cc1C(=O)NCC(C)(O)c1ccsc1. The molecule has 4 nitrogen and oxygen atoms in total. The summed E-state index contributed by atoms with van der Waals surface area (Å²) in [5.41, 5.74) is 1.05. The summed E-state index contributed by atoms with van der Waals surface area (Å²) in [6.45, 7) is 3.45. The summed E-state index contributed by atoms with van der Waals surface area (Å²) in [4.78, 5) is 16.7. The highest BCUT2D eigenvalue weighted by molar-refractivity contribution is 7.08. The van der Waals surface area contributed by atoms with E-state index in [1.807, 2.05) is 16.8 Å². The molecule has 0 spiro atoms. The average molecular weight is 344 g/mol. The number of nitrogens with zero attached hydrogens (tertiary/aromatic N) is 1. The summed E-state index contributed by atoms with van der Waals surface area (Å²) in [6.07, 6.45) is 0. The minimum atomic E-state index is -1.14. The first-order valence-corrected chi connectivity index (χ1v) is 8.41. The number of aromatic nitrogens is 1. The molecule has 2 N–H and O–H groups in total. The monoisotopic (exact) mass is 344 g/mol. The van der Waals surface area contributed by atoms with E-state index >= 15 is 0 Å². The van der Waals surface area contributed by atoms with Crippen LogP contribution >= 0.6 is 11.3 Å². The summed E-state index contributed by atoms with van der Waals surface area (Å²) in [5, 5.41) is 17.6. The number of aliphatic hydroxyl groups is 1. The third-order valence-electron chi connectivity index (χ3n) is 3.95. The molecule has 3 aromatic rings.